The minimum absolute atomic E-state index is 0.599. The summed E-state index contributed by atoms with van der Waals surface area (Å²) >= 11 is 0. The zero-order valence-corrected chi connectivity index (χ0v) is 15.4. The normalized spacial score (nSPS) is 30.0. The Morgan fingerprint density at radius 2 is 1.81 bits per heavy atom. The lowest BCUT2D eigenvalue weighted by Crippen LogP contribution is -2.41. The van der Waals surface area contributed by atoms with Gasteiger partial charge < -0.3 is 13.6 Å². The highest BCUT2D eigenvalue weighted by atomic mass is 28.4. The summed E-state index contributed by atoms with van der Waals surface area (Å²) in [6.45, 7) is 10.5. The Kier molecular flexibility index (Phi) is 6.72. The fourth-order valence-corrected chi connectivity index (χ4v) is 6.41. The zero-order chi connectivity index (χ0) is 15.3. The molecule has 1 heterocycles. The van der Waals surface area contributed by atoms with Crippen LogP contribution in [-0.4, -0.2) is 34.0 Å². The van der Waals surface area contributed by atoms with Gasteiger partial charge in [0.25, 0.3) is 0 Å². The second-order valence-corrected chi connectivity index (χ2v) is 10.5. The second kappa shape index (κ2) is 8.09. The number of epoxide rings is 1. The van der Waals surface area contributed by atoms with Gasteiger partial charge in [0.1, 0.15) is 0 Å². The van der Waals surface area contributed by atoms with Crippen molar-refractivity contribution in [3.8, 4) is 0 Å². The minimum atomic E-state index is -1.90. The summed E-state index contributed by atoms with van der Waals surface area (Å²) in [7, 11) is -1.90. The lowest BCUT2D eigenvalue weighted by Gasteiger charge is -2.31. The Morgan fingerprint density at radius 1 is 1.05 bits per heavy atom. The molecule has 0 bridgehead atoms. The molecule has 21 heavy (non-hydrogen) atoms. The number of hydrogen-bond donors (Lipinski definition) is 0. The lowest BCUT2D eigenvalue weighted by molar-refractivity contribution is 0.146. The minimum Gasteiger partial charge on any atom is -0.395 e. The van der Waals surface area contributed by atoms with Gasteiger partial charge in [-0.3, -0.25) is 0 Å². The van der Waals surface area contributed by atoms with E-state index in [2.05, 4.69) is 27.7 Å². The number of ether oxygens (including phenoxy) is 1. The van der Waals surface area contributed by atoms with E-state index in [1.54, 1.807) is 0 Å². The molecule has 0 aromatic carbocycles. The van der Waals surface area contributed by atoms with Crippen molar-refractivity contribution in [3.05, 3.63) is 0 Å². The Morgan fingerprint density at radius 3 is 2.38 bits per heavy atom. The molecule has 4 unspecified atom stereocenters. The first kappa shape index (κ1) is 17.5. The maximum absolute atomic E-state index is 6.31. The molecule has 1 saturated heterocycles. The van der Waals surface area contributed by atoms with Gasteiger partial charge >= 0.3 is 8.56 Å². The number of rotatable bonds is 10. The van der Waals surface area contributed by atoms with Crippen molar-refractivity contribution in [1.29, 1.82) is 0 Å². The third-order valence-electron chi connectivity index (χ3n) is 5.57. The second-order valence-electron chi connectivity index (χ2n) is 6.64. The van der Waals surface area contributed by atoms with Crippen LogP contribution in [0, 0.1) is 11.8 Å². The van der Waals surface area contributed by atoms with Gasteiger partial charge in [0.2, 0.25) is 0 Å². The summed E-state index contributed by atoms with van der Waals surface area (Å²) in [5, 5.41) is 0. The van der Waals surface area contributed by atoms with Gasteiger partial charge in [-0.05, 0) is 56.5 Å². The highest BCUT2D eigenvalue weighted by molar-refractivity contribution is 6.67. The van der Waals surface area contributed by atoms with Gasteiger partial charge in [-0.15, -0.1) is 0 Å². The summed E-state index contributed by atoms with van der Waals surface area (Å²) in [6, 6.07) is 2.13. The summed E-state index contributed by atoms with van der Waals surface area (Å²) in [4.78, 5) is 0. The molecule has 0 aromatic rings. The molecule has 1 aliphatic carbocycles. The molecule has 4 atom stereocenters. The van der Waals surface area contributed by atoms with Crippen LogP contribution in [-0.2, 0) is 13.6 Å². The van der Waals surface area contributed by atoms with Gasteiger partial charge in [0.05, 0.1) is 12.2 Å². The summed E-state index contributed by atoms with van der Waals surface area (Å²) < 4.78 is 18.0. The van der Waals surface area contributed by atoms with Crippen LogP contribution in [0.4, 0.5) is 0 Å². The molecular formula is C17H34O3Si. The summed E-state index contributed by atoms with van der Waals surface area (Å²) in [5.74, 6) is 1.66. The fourth-order valence-electron chi connectivity index (χ4n) is 4.00. The monoisotopic (exact) mass is 314 g/mol. The Bertz CT molecular complexity index is 306. The van der Waals surface area contributed by atoms with Crippen LogP contribution in [0.25, 0.3) is 0 Å². The molecule has 0 N–H and O–H groups in total. The van der Waals surface area contributed by atoms with E-state index in [4.69, 9.17) is 13.6 Å². The van der Waals surface area contributed by atoms with Crippen LogP contribution in [0.3, 0.4) is 0 Å². The van der Waals surface area contributed by atoms with E-state index in [0.717, 1.165) is 37.1 Å². The Labute approximate surface area is 132 Å². The van der Waals surface area contributed by atoms with Crippen LogP contribution in [0.15, 0.2) is 0 Å². The molecule has 0 aromatic heterocycles. The van der Waals surface area contributed by atoms with E-state index in [1.807, 2.05) is 0 Å². The highest BCUT2D eigenvalue weighted by Gasteiger charge is 2.45. The molecule has 3 nitrogen and oxygen atoms in total. The van der Waals surface area contributed by atoms with Crippen LogP contribution in [0.2, 0.25) is 12.1 Å². The smallest absolute Gasteiger partial charge is 0.337 e. The van der Waals surface area contributed by atoms with Gasteiger partial charge in [0, 0.05) is 13.2 Å². The van der Waals surface area contributed by atoms with Crippen molar-refractivity contribution in [2.45, 2.75) is 84.1 Å². The van der Waals surface area contributed by atoms with Crippen LogP contribution in [0.5, 0.6) is 0 Å². The van der Waals surface area contributed by atoms with Crippen molar-refractivity contribution >= 4 is 8.56 Å². The van der Waals surface area contributed by atoms with Crippen LogP contribution < -0.4 is 0 Å². The Balaban J connectivity index is 1.76. The molecule has 4 heteroatoms. The van der Waals surface area contributed by atoms with Crippen molar-refractivity contribution < 1.29 is 13.6 Å². The van der Waals surface area contributed by atoms with E-state index in [-0.39, 0.29) is 0 Å². The predicted molar refractivity (Wildman–Crippen MR) is 88.7 cm³/mol. The molecule has 1 aliphatic heterocycles. The van der Waals surface area contributed by atoms with E-state index in [9.17, 15) is 0 Å². The largest absolute Gasteiger partial charge is 0.395 e. The summed E-state index contributed by atoms with van der Waals surface area (Å²) in [5.41, 5.74) is 0. The van der Waals surface area contributed by atoms with Gasteiger partial charge in [-0.1, -0.05) is 27.2 Å². The van der Waals surface area contributed by atoms with Gasteiger partial charge in [0.15, 0.2) is 0 Å². The van der Waals surface area contributed by atoms with Crippen molar-refractivity contribution in [2.75, 3.05) is 13.2 Å². The molecule has 124 valence electrons. The molecule has 2 fully saturated rings. The third-order valence-corrected chi connectivity index (χ3v) is 9.27. The Hall–Kier alpha value is 0.0969. The maximum Gasteiger partial charge on any atom is 0.337 e. The molecule has 0 spiro atoms. The molecular weight excluding hydrogens is 280 g/mol. The topological polar surface area (TPSA) is 31.0 Å². The first-order chi connectivity index (χ1) is 10.2. The fraction of sp³-hybridized carbons (Fsp3) is 1.00. The van der Waals surface area contributed by atoms with Crippen molar-refractivity contribution in [2.24, 2.45) is 11.8 Å². The quantitative estimate of drug-likeness (QED) is 0.439. The summed E-state index contributed by atoms with van der Waals surface area (Å²) in [6.07, 6.45) is 7.62. The van der Waals surface area contributed by atoms with E-state index in [0.29, 0.717) is 12.2 Å². The SMILES string of the molecule is CCO[Si](CC)(CC)OCCC(CC)C1CCC2OC2C1. The average Bonchev–Trinajstić information content (AvgIpc) is 3.29. The van der Waals surface area contributed by atoms with Crippen molar-refractivity contribution in [3.63, 3.8) is 0 Å². The third kappa shape index (κ3) is 4.53. The van der Waals surface area contributed by atoms with E-state index >= 15 is 0 Å². The first-order valence-electron chi connectivity index (χ1n) is 9.11. The van der Waals surface area contributed by atoms with E-state index in [1.165, 1.54) is 32.1 Å². The van der Waals surface area contributed by atoms with Gasteiger partial charge in [-0.2, -0.15) is 0 Å². The molecule has 2 rings (SSSR count). The zero-order valence-electron chi connectivity index (χ0n) is 14.4. The average molecular weight is 315 g/mol. The number of fused-ring (bicyclic) bond motifs is 1. The molecule has 0 radical (unpaired) electrons. The van der Waals surface area contributed by atoms with Crippen LogP contribution >= 0.6 is 0 Å². The molecule has 0 amide bonds. The highest BCUT2D eigenvalue weighted by Crippen LogP contribution is 2.43. The van der Waals surface area contributed by atoms with Gasteiger partial charge in [-0.25, -0.2) is 0 Å². The van der Waals surface area contributed by atoms with E-state index < -0.39 is 8.56 Å². The standard InChI is InChI=1S/C17H34O3Si/c1-5-14(15-9-10-16-17(13-15)20-16)11-12-19-21(7-3,8-4)18-6-2/h14-17H,5-13H2,1-4H3. The molecule has 1 saturated carbocycles. The lowest BCUT2D eigenvalue weighted by atomic mass is 9.77. The predicted octanol–water partition coefficient (Wildman–Crippen LogP) is 4.51. The number of hydrogen-bond acceptors (Lipinski definition) is 3. The molecule has 2 aliphatic rings. The maximum atomic E-state index is 6.31. The first-order valence-corrected chi connectivity index (χ1v) is 11.3. The van der Waals surface area contributed by atoms with Crippen LogP contribution in [0.1, 0.15) is 59.8 Å². The van der Waals surface area contributed by atoms with Crippen molar-refractivity contribution in [1.82, 2.24) is 0 Å².